The SMILES string of the molecule is CN(CCC1CCCCCC1)Cc1c[nH]c2cc(OC(=O)N(C)C)ccc12. The summed E-state index contributed by atoms with van der Waals surface area (Å²) < 4.78 is 5.35. The molecule has 0 aliphatic heterocycles. The summed E-state index contributed by atoms with van der Waals surface area (Å²) in [7, 11) is 5.57. The number of ether oxygens (including phenoxy) is 1. The number of rotatable bonds is 6. The van der Waals surface area contributed by atoms with Gasteiger partial charge in [-0.1, -0.05) is 38.5 Å². The Balaban J connectivity index is 1.57. The topological polar surface area (TPSA) is 48.6 Å². The number of carbonyl (C=O) groups excluding carboxylic acids is 1. The van der Waals surface area contributed by atoms with Crippen LogP contribution in [0, 0.1) is 5.92 Å². The molecule has 3 rings (SSSR count). The van der Waals surface area contributed by atoms with Gasteiger partial charge in [-0.05, 0) is 43.6 Å². The van der Waals surface area contributed by atoms with E-state index in [2.05, 4.69) is 23.1 Å². The fraction of sp³-hybridized carbons (Fsp3) is 0.591. The Morgan fingerprint density at radius 3 is 2.59 bits per heavy atom. The first-order valence-corrected chi connectivity index (χ1v) is 10.2. The van der Waals surface area contributed by atoms with Gasteiger partial charge in [0.25, 0.3) is 0 Å². The number of aromatic amines is 1. The summed E-state index contributed by atoms with van der Waals surface area (Å²) in [5.41, 5.74) is 2.30. The van der Waals surface area contributed by atoms with Crippen molar-refractivity contribution in [3.63, 3.8) is 0 Å². The lowest BCUT2D eigenvalue weighted by Crippen LogP contribution is -2.25. The largest absolute Gasteiger partial charge is 0.414 e. The Kier molecular flexibility index (Phi) is 6.78. The van der Waals surface area contributed by atoms with E-state index >= 15 is 0 Å². The van der Waals surface area contributed by atoms with E-state index in [1.54, 1.807) is 14.1 Å². The standard InChI is InChI=1S/C22H33N3O2/c1-24(2)22(26)27-19-10-11-20-18(15-23-21(20)14-19)16-25(3)13-12-17-8-6-4-5-7-9-17/h10-11,14-15,17,23H,4-9,12-13,16H2,1-3H3. The van der Waals surface area contributed by atoms with Gasteiger partial charge in [0, 0.05) is 43.8 Å². The number of amides is 1. The van der Waals surface area contributed by atoms with Crippen molar-refractivity contribution in [3.8, 4) is 5.75 Å². The van der Waals surface area contributed by atoms with Gasteiger partial charge in [0.1, 0.15) is 5.75 Å². The third-order valence-corrected chi connectivity index (χ3v) is 5.64. The predicted octanol–water partition coefficient (Wildman–Crippen LogP) is 5.02. The number of hydrogen-bond donors (Lipinski definition) is 1. The summed E-state index contributed by atoms with van der Waals surface area (Å²) in [4.78, 5) is 18.9. The highest BCUT2D eigenvalue weighted by Gasteiger charge is 2.14. The van der Waals surface area contributed by atoms with E-state index < -0.39 is 0 Å². The fourth-order valence-electron chi connectivity index (χ4n) is 3.98. The van der Waals surface area contributed by atoms with Gasteiger partial charge in [-0.3, -0.25) is 0 Å². The fourth-order valence-corrected chi connectivity index (χ4v) is 3.98. The minimum atomic E-state index is -0.362. The van der Waals surface area contributed by atoms with Crippen molar-refractivity contribution in [1.82, 2.24) is 14.8 Å². The normalized spacial score (nSPS) is 15.9. The Hall–Kier alpha value is -2.01. The van der Waals surface area contributed by atoms with Gasteiger partial charge in [0.2, 0.25) is 0 Å². The van der Waals surface area contributed by atoms with Gasteiger partial charge < -0.3 is 19.5 Å². The van der Waals surface area contributed by atoms with Crippen molar-refractivity contribution in [1.29, 1.82) is 0 Å². The van der Waals surface area contributed by atoms with Crippen LogP contribution < -0.4 is 4.74 Å². The molecule has 0 saturated heterocycles. The molecule has 1 aromatic carbocycles. The van der Waals surface area contributed by atoms with Gasteiger partial charge in [-0.2, -0.15) is 0 Å². The third kappa shape index (κ3) is 5.48. The van der Waals surface area contributed by atoms with E-state index in [9.17, 15) is 4.79 Å². The minimum absolute atomic E-state index is 0.362. The number of benzene rings is 1. The Morgan fingerprint density at radius 2 is 1.89 bits per heavy atom. The lowest BCUT2D eigenvalue weighted by atomic mass is 9.96. The average molecular weight is 372 g/mol. The number of nitrogens with zero attached hydrogens (tertiary/aromatic N) is 2. The van der Waals surface area contributed by atoms with Gasteiger partial charge in [0.05, 0.1) is 0 Å². The van der Waals surface area contributed by atoms with Crippen molar-refractivity contribution in [2.24, 2.45) is 5.92 Å². The molecule has 1 fully saturated rings. The smallest absolute Gasteiger partial charge is 0.410 e. The van der Waals surface area contributed by atoms with E-state index in [4.69, 9.17) is 4.74 Å². The molecule has 1 heterocycles. The summed E-state index contributed by atoms with van der Waals surface area (Å²) in [6.45, 7) is 2.08. The highest BCUT2D eigenvalue weighted by Crippen LogP contribution is 2.27. The van der Waals surface area contributed by atoms with Gasteiger partial charge in [0.15, 0.2) is 0 Å². The second kappa shape index (κ2) is 9.27. The molecule has 0 unspecified atom stereocenters. The van der Waals surface area contributed by atoms with Crippen LogP contribution in [0.4, 0.5) is 4.79 Å². The molecule has 1 aliphatic rings. The molecule has 0 bridgehead atoms. The van der Waals surface area contributed by atoms with Gasteiger partial charge >= 0.3 is 6.09 Å². The van der Waals surface area contributed by atoms with Crippen LogP contribution in [0.1, 0.15) is 50.5 Å². The molecule has 0 radical (unpaired) electrons. The number of hydrogen-bond acceptors (Lipinski definition) is 3. The number of nitrogens with one attached hydrogen (secondary N) is 1. The Morgan fingerprint density at radius 1 is 1.15 bits per heavy atom. The van der Waals surface area contributed by atoms with E-state index in [-0.39, 0.29) is 6.09 Å². The van der Waals surface area contributed by atoms with E-state index in [1.165, 1.54) is 60.8 Å². The van der Waals surface area contributed by atoms with Gasteiger partial charge in [-0.15, -0.1) is 0 Å². The molecule has 2 aromatic rings. The molecule has 0 spiro atoms. The van der Waals surface area contributed by atoms with Crippen LogP contribution in [0.25, 0.3) is 10.9 Å². The zero-order valence-electron chi connectivity index (χ0n) is 17.0. The van der Waals surface area contributed by atoms with Crippen LogP contribution in [-0.2, 0) is 6.54 Å². The summed E-state index contributed by atoms with van der Waals surface area (Å²) >= 11 is 0. The molecular formula is C22H33N3O2. The molecule has 5 nitrogen and oxygen atoms in total. The molecule has 1 aromatic heterocycles. The molecular weight excluding hydrogens is 338 g/mol. The first-order chi connectivity index (χ1) is 13.0. The summed E-state index contributed by atoms with van der Waals surface area (Å²) in [6.07, 6.45) is 11.5. The maximum atomic E-state index is 11.7. The second-order valence-electron chi connectivity index (χ2n) is 8.17. The lowest BCUT2D eigenvalue weighted by Gasteiger charge is -2.20. The molecule has 5 heteroatoms. The van der Waals surface area contributed by atoms with Gasteiger partial charge in [-0.25, -0.2) is 4.79 Å². The molecule has 27 heavy (non-hydrogen) atoms. The van der Waals surface area contributed by atoms with Crippen molar-refractivity contribution >= 4 is 17.0 Å². The maximum absolute atomic E-state index is 11.7. The maximum Gasteiger partial charge on any atom is 0.414 e. The third-order valence-electron chi connectivity index (χ3n) is 5.64. The zero-order valence-corrected chi connectivity index (χ0v) is 17.0. The van der Waals surface area contributed by atoms with E-state index in [1.807, 2.05) is 18.2 Å². The predicted molar refractivity (Wildman–Crippen MR) is 110 cm³/mol. The first kappa shape index (κ1) is 19.7. The van der Waals surface area contributed by atoms with Crippen LogP contribution in [0.5, 0.6) is 5.75 Å². The highest BCUT2D eigenvalue weighted by atomic mass is 16.6. The molecule has 1 saturated carbocycles. The molecule has 1 amide bonds. The Bertz CT molecular complexity index is 745. The number of carbonyl (C=O) groups is 1. The summed E-state index contributed by atoms with van der Waals surface area (Å²) in [5, 5.41) is 1.20. The van der Waals surface area contributed by atoms with Crippen LogP contribution in [0.3, 0.4) is 0 Å². The van der Waals surface area contributed by atoms with E-state index in [0.29, 0.717) is 5.75 Å². The average Bonchev–Trinajstić information content (AvgIpc) is 2.86. The molecule has 0 atom stereocenters. The molecule has 1 aliphatic carbocycles. The Labute approximate surface area is 162 Å². The quantitative estimate of drug-likeness (QED) is 0.725. The number of fused-ring (bicyclic) bond motifs is 1. The summed E-state index contributed by atoms with van der Waals surface area (Å²) in [5.74, 6) is 1.48. The van der Waals surface area contributed by atoms with Crippen molar-refractivity contribution in [2.75, 3.05) is 27.7 Å². The number of aromatic nitrogens is 1. The van der Waals surface area contributed by atoms with Crippen LogP contribution >= 0.6 is 0 Å². The number of H-pyrrole nitrogens is 1. The zero-order chi connectivity index (χ0) is 19.2. The van der Waals surface area contributed by atoms with Crippen LogP contribution in [0.15, 0.2) is 24.4 Å². The molecule has 1 N–H and O–H groups in total. The second-order valence-corrected chi connectivity index (χ2v) is 8.17. The highest BCUT2D eigenvalue weighted by molar-refractivity contribution is 5.85. The van der Waals surface area contributed by atoms with Crippen molar-refractivity contribution < 1.29 is 9.53 Å². The van der Waals surface area contributed by atoms with Crippen LogP contribution in [-0.4, -0.2) is 48.6 Å². The van der Waals surface area contributed by atoms with Crippen molar-refractivity contribution in [3.05, 3.63) is 30.0 Å². The molecule has 148 valence electrons. The lowest BCUT2D eigenvalue weighted by molar-refractivity contribution is 0.172. The minimum Gasteiger partial charge on any atom is -0.410 e. The first-order valence-electron chi connectivity index (χ1n) is 10.2. The monoisotopic (exact) mass is 371 g/mol. The van der Waals surface area contributed by atoms with Crippen LogP contribution in [0.2, 0.25) is 0 Å². The van der Waals surface area contributed by atoms with E-state index in [0.717, 1.165) is 24.5 Å². The summed E-state index contributed by atoms with van der Waals surface area (Å²) in [6, 6.07) is 5.80. The van der Waals surface area contributed by atoms with Crippen molar-refractivity contribution in [2.45, 2.75) is 51.5 Å².